The molecule has 1 aliphatic heterocycles. The standard InChI is InChI=1S/C23H31N5O2S/c1-2-25-23(26-19-21-10-6-12-22(18-21)31(24,29)30)28-16-14-27(15-17-28)13-7-11-20-8-4-3-5-9-20/h3-12,18H,2,13-17,19H2,1H3,(H,25,26)(H2,24,29,30)/b11-7+. The molecule has 8 heteroatoms. The number of aliphatic imine (C=N–C) groups is 1. The number of hydrogen-bond donors (Lipinski definition) is 2. The van der Waals surface area contributed by atoms with E-state index >= 15 is 0 Å². The fraction of sp³-hybridized carbons (Fsp3) is 0.348. The number of rotatable bonds is 7. The first-order valence-electron chi connectivity index (χ1n) is 10.5. The summed E-state index contributed by atoms with van der Waals surface area (Å²) in [5.74, 6) is 0.850. The van der Waals surface area contributed by atoms with Crippen molar-refractivity contribution in [3.8, 4) is 0 Å². The number of guanidine groups is 1. The van der Waals surface area contributed by atoms with Gasteiger partial charge in [0.25, 0.3) is 0 Å². The summed E-state index contributed by atoms with van der Waals surface area (Å²) < 4.78 is 23.1. The van der Waals surface area contributed by atoms with Gasteiger partial charge in [0.2, 0.25) is 10.0 Å². The Morgan fingerprint density at radius 3 is 2.52 bits per heavy atom. The van der Waals surface area contributed by atoms with Crippen LogP contribution in [0.5, 0.6) is 0 Å². The highest BCUT2D eigenvalue weighted by atomic mass is 32.2. The van der Waals surface area contributed by atoms with Gasteiger partial charge in [-0.25, -0.2) is 18.5 Å². The molecular formula is C23H31N5O2S. The third-order valence-electron chi connectivity index (χ3n) is 5.12. The van der Waals surface area contributed by atoms with Crippen molar-refractivity contribution in [3.05, 3.63) is 71.8 Å². The maximum atomic E-state index is 11.6. The van der Waals surface area contributed by atoms with Crippen LogP contribution in [-0.2, 0) is 16.6 Å². The molecule has 0 saturated carbocycles. The minimum Gasteiger partial charge on any atom is -0.357 e. The quantitative estimate of drug-likeness (QED) is 0.507. The zero-order valence-corrected chi connectivity index (χ0v) is 18.8. The van der Waals surface area contributed by atoms with Crippen molar-refractivity contribution in [3.63, 3.8) is 0 Å². The molecule has 3 rings (SSSR count). The van der Waals surface area contributed by atoms with Crippen molar-refractivity contribution >= 4 is 22.1 Å². The topological polar surface area (TPSA) is 91.0 Å². The Hall–Kier alpha value is -2.68. The fourth-order valence-electron chi connectivity index (χ4n) is 3.46. The van der Waals surface area contributed by atoms with Crippen LogP contribution in [0, 0.1) is 0 Å². The lowest BCUT2D eigenvalue weighted by molar-refractivity contribution is 0.194. The first kappa shape index (κ1) is 23.0. The molecule has 3 N–H and O–H groups in total. The smallest absolute Gasteiger partial charge is 0.238 e. The van der Waals surface area contributed by atoms with Gasteiger partial charge in [0.1, 0.15) is 0 Å². The highest BCUT2D eigenvalue weighted by molar-refractivity contribution is 7.89. The van der Waals surface area contributed by atoms with Crippen LogP contribution in [0.1, 0.15) is 18.1 Å². The van der Waals surface area contributed by atoms with Crippen LogP contribution < -0.4 is 10.5 Å². The molecule has 166 valence electrons. The van der Waals surface area contributed by atoms with Crippen LogP contribution in [-0.4, -0.2) is 63.4 Å². The van der Waals surface area contributed by atoms with Crippen molar-refractivity contribution < 1.29 is 8.42 Å². The van der Waals surface area contributed by atoms with Gasteiger partial charge in [-0.05, 0) is 30.2 Å². The van der Waals surface area contributed by atoms with Crippen molar-refractivity contribution in [2.24, 2.45) is 10.1 Å². The molecular weight excluding hydrogens is 410 g/mol. The highest BCUT2D eigenvalue weighted by Gasteiger charge is 2.18. The summed E-state index contributed by atoms with van der Waals surface area (Å²) in [7, 11) is -3.71. The van der Waals surface area contributed by atoms with E-state index in [1.54, 1.807) is 12.1 Å². The number of sulfonamides is 1. The molecule has 1 fully saturated rings. The van der Waals surface area contributed by atoms with Gasteiger partial charge in [-0.2, -0.15) is 0 Å². The van der Waals surface area contributed by atoms with E-state index in [0.717, 1.165) is 50.8 Å². The molecule has 0 bridgehead atoms. The Morgan fingerprint density at radius 1 is 1.10 bits per heavy atom. The van der Waals surface area contributed by atoms with E-state index in [9.17, 15) is 8.42 Å². The Bertz CT molecular complexity index is 998. The summed E-state index contributed by atoms with van der Waals surface area (Å²) >= 11 is 0. The molecule has 2 aromatic rings. The van der Waals surface area contributed by atoms with E-state index in [1.165, 1.54) is 11.6 Å². The number of nitrogens with two attached hydrogens (primary N) is 1. The second kappa shape index (κ2) is 11.1. The van der Waals surface area contributed by atoms with Crippen molar-refractivity contribution in [2.75, 3.05) is 39.3 Å². The maximum Gasteiger partial charge on any atom is 0.238 e. The Morgan fingerprint density at radius 2 is 1.84 bits per heavy atom. The molecule has 0 aliphatic carbocycles. The minimum atomic E-state index is -3.71. The number of hydrogen-bond acceptors (Lipinski definition) is 4. The molecule has 1 saturated heterocycles. The SMILES string of the molecule is CCNC(=NCc1cccc(S(N)(=O)=O)c1)N1CCN(C/C=C/c2ccccc2)CC1. The van der Waals surface area contributed by atoms with E-state index in [2.05, 4.69) is 39.4 Å². The third kappa shape index (κ3) is 7.20. The zero-order chi connectivity index (χ0) is 22.1. The number of nitrogens with one attached hydrogen (secondary N) is 1. The normalized spacial score (nSPS) is 16.1. The van der Waals surface area contributed by atoms with Crippen LogP contribution in [0.15, 0.2) is 70.6 Å². The molecule has 0 spiro atoms. The molecule has 0 radical (unpaired) electrons. The van der Waals surface area contributed by atoms with Gasteiger partial charge < -0.3 is 10.2 Å². The van der Waals surface area contributed by atoms with Crippen LogP contribution in [0.4, 0.5) is 0 Å². The largest absolute Gasteiger partial charge is 0.357 e. The van der Waals surface area contributed by atoms with Gasteiger partial charge in [0.05, 0.1) is 11.4 Å². The molecule has 2 aromatic carbocycles. The van der Waals surface area contributed by atoms with Gasteiger partial charge in [0.15, 0.2) is 5.96 Å². The Kier molecular flexibility index (Phi) is 8.22. The van der Waals surface area contributed by atoms with E-state index in [-0.39, 0.29) is 4.90 Å². The van der Waals surface area contributed by atoms with Gasteiger partial charge in [-0.1, -0.05) is 54.6 Å². The molecule has 1 aliphatic rings. The van der Waals surface area contributed by atoms with Crippen LogP contribution in [0.2, 0.25) is 0 Å². The lowest BCUT2D eigenvalue weighted by atomic mass is 10.2. The highest BCUT2D eigenvalue weighted by Crippen LogP contribution is 2.11. The van der Waals surface area contributed by atoms with Crippen LogP contribution in [0.25, 0.3) is 6.08 Å². The molecule has 1 heterocycles. The third-order valence-corrected chi connectivity index (χ3v) is 6.03. The summed E-state index contributed by atoms with van der Waals surface area (Å²) in [5.41, 5.74) is 2.03. The van der Waals surface area contributed by atoms with E-state index < -0.39 is 10.0 Å². The average molecular weight is 442 g/mol. The van der Waals surface area contributed by atoms with Crippen molar-refractivity contribution in [2.45, 2.75) is 18.4 Å². The molecule has 31 heavy (non-hydrogen) atoms. The molecule has 0 aromatic heterocycles. The molecule has 0 unspecified atom stereocenters. The molecule has 7 nitrogen and oxygen atoms in total. The van der Waals surface area contributed by atoms with Crippen LogP contribution >= 0.6 is 0 Å². The lowest BCUT2D eigenvalue weighted by Crippen LogP contribution is -2.52. The number of piperazine rings is 1. The van der Waals surface area contributed by atoms with Gasteiger partial charge in [-0.3, -0.25) is 4.90 Å². The Labute approximate surface area is 185 Å². The lowest BCUT2D eigenvalue weighted by Gasteiger charge is -2.36. The predicted molar refractivity (Wildman–Crippen MR) is 126 cm³/mol. The number of primary sulfonamides is 1. The summed E-state index contributed by atoms with van der Waals surface area (Å²) in [5, 5.41) is 8.58. The second-order valence-corrected chi connectivity index (χ2v) is 9.02. The number of nitrogens with zero attached hydrogens (tertiary/aromatic N) is 3. The van der Waals surface area contributed by atoms with Crippen molar-refractivity contribution in [1.29, 1.82) is 0 Å². The monoisotopic (exact) mass is 441 g/mol. The van der Waals surface area contributed by atoms with Crippen molar-refractivity contribution in [1.82, 2.24) is 15.1 Å². The zero-order valence-electron chi connectivity index (χ0n) is 17.9. The predicted octanol–water partition coefficient (Wildman–Crippen LogP) is 2.13. The van der Waals surface area contributed by atoms with E-state index in [4.69, 9.17) is 10.1 Å². The summed E-state index contributed by atoms with van der Waals surface area (Å²) in [6.45, 7) is 7.85. The van der Waals surface area contributed by atoms with Gasteiger partial charge in [0, 0.05) is 39.3 Å². The summed E-state index contributed by atoms with van der Waals surface area (Å²) in [6, 6.07) is 17.0. The van der Waals surface area contributed by atoms with Gasteiger partial charge in [-0.15, -0.1) is 0 Å². The average Bonchev–Trinajstić information content (AvgIpc) is 2.77. The van der Waals surface area contributed by atoms with E-state index in [1.807, 2.05) is 31.2 Å². The van der Waals surface area contributed by atoms with Crippen LogP contribution in [0.3, 0.4) is 0 Å². The first-order chi connectivity index (χ1) is 15.0. The number of benzene rings is 2. The molecule has 0 amide bonds. The minimum absolute atomic E-state index is 0.113. The summed E-state index contributed by atoms with van der Waals surface area (Å²) in [6.07, 6.45) is 4.37. The van der Waals surface area contributed by atoms with E-state index in [0.29, 0.717) is 6.54 Å². The fourth-order valence-corrected chi connectivity index (χ4v) is 4.04. The molecule has 0 atom stereocenters. The Balaban J connectivity index is 1.56. The summed E-state index contributed by atoms with van der Waals surface area (Å²) in [4.78, 5) is 9.51. The van der Waals surface area contributed by atoms with Gasteiger partial charge >= 0.3 is 0 Å². The first-order valence-corrected chi connectivity index (χ1v) is 12.1. The maximum absolute atomic E-state index is 11.6. The second-order valence-electron chi connectivity index (χ2n) is 7.46.